The Morgan fingerprint density at radius 1 is 1.36 bits per heavy atom. The molecule has 1 heterocycles. The van der Waals surface area contributed by atoms with E-state index in [9.17, 15) is 0 Å². The van der Waals surface area contributed by atoms with Gasteiger partial charge in [0.1, 0.15) is 0 Å². The third kappa shape index (κ3) is 1.79. The fourth-order valence-electron chi connectivity index (χ4n) is 3.00. The Kier molecular flexibility index (Phi) is 3.08. The first-order valence-electron chi connectivity index (χ1n) is 5.98. The lowest BCUT2D eigenvalue weighted by Gasteiger charge is -2.44. The molecule has 2 unspecified atom stereocenters. The van der Waals surface area contributed by atoms with Crippen LogP contribution in [0.3, 0.4) is 0 Å². The zero-order valence-electron chi connectivity index (χ0n) is 9.08. The predicted octanol–water partition coefficient (Wildman–Crippen LogP) is 2.41. The van der Waals surface area contributed by atoms with Crippen molar-refractivity contribution < 1.29 is 0 Å². The van der Waals surface area contributed by atoms with E-state index in [1.165, 1.54) is 38.8 Å². The lowest BCUT2D eigenvalue weighted by Crippen LogP contribution is -2.52. The van der Waals surface area contributed by atoms with E-state index in [4.69, 9.17) is 5.26 Å². The molecule has 2 atom stereocenters. The van der Waals surface area contributed by atoms with Gasteiger partial charge in [-0.1, -0.05) is 19.8 Å². The minimum absolute atomic E-state index is 0.331. The molecule has 2 heteroatoms. The maximum absolute atomic E-state index is 9.00. The molecule has 2 rings (SSSR count). The monoisotopic (exact) mass is 192 g/mol. The van der Waals surface area contributed by atoms with E-state index in [1.54, 1.807) is 0 Å². The van der Waals surface area contributed by atoms with Crippen molar-refractivity contribution in [3.8, 4) is 6.07 Å². The van der Waals surface area contributed by atoms with Gasteiger partial charge >= 0.3 is 0 Å². The molecular weight excluding hydrogens is 172 g/mol. The topological polar surface area (TPSA) is 27.0 Å². The van der Waals surface area contributed by atoms with Gasteiger partial charge in [-0.15, -0.1) is 0 Å². The molecule has 1 aliphatic heterocycles. The number of nitrogens with zero attached hydrogens (tertiary/aromatic N) is 2. The third-order valence-electron chi connectivity index (χ3n) is 3.80. The number of hydrogen-bond donors (Lipinski definition) is 0. The normalized spacial score (nSPS) is 34.0. The van der Waals surface area contributed by atoms with Gasteiger partial charge in [-0.3, -0.25) is 4.90 Å². The van der Waals surface area contributed by atoms with Crippen molar-refractivity contribution in [2.24, 2.45) is 11.8 Å². The zero-order valence-corrected chi connectivity index (χ0v) is 9.08. The minimum Gasteiger partial charge on any atom is -0.298 e. The van der Waals surface area contributed by atoms with Crippen molar-refractivity contribution in [3.63, 3.8) is 0 Å². The minimum atomic E-state index is 0.331. The maximum atomic E-state index is 9.00. The van der Waals surface area contributed by atoms with Crippen LogP contribution in [0.2, 0.25) is 0 Å². The second kappa shape index (κ2) is 4.31. The quantitative estimate of drug-likeness (QED) is 0.686. The Morgan fingerprint density at radius 3 is 2.79 bits per heavy atom. The van der Waals surface area contributed by atoms with E-state index >= 15 is 0 Å². The van der Waals surface area contributed by atoms with E-state index in [0.29, 0.717) is 12.0 Å². The van der Waals surface area contributed by atoms with Crippen molar-refractivity contribution in [1.29, 1.82) is 5.26 Å². The molecule has 0 spiro atoms. The Hall–Kier alpha value is -0.550. The Morgan fingerprint density at radius 2 is 2.14 bits per heavy atom. The van der Waals surface area contributed by atoms with E-state index in [2.05, 4.69) is 17.9 Å². The first-order chi connectivity index (χ1) is 6.85. The van der Waals surface area contributed by atoms with Crippen LogP contribution < -0.4 is 0 Å². The Labute approximate surface area is 86.9 Å². The second-order valence-electron chi connectivity index (χ2n) is 4.84. The Balaban J connectivity index is 1.79. The van der Waals surface area contributed by atoms with Gasteiger partial charge in [0.2, 0.25) is 0 Å². The highest BCUT2D eigenvalue weighted by Crippen LogP contribution is 2.34. The van der Waals surface area contributed by atoms with Crippen LogP contribution in [0.5, 0.6) is 0 Å². The van der Waals surface area contributed by atoms with Crippen LogP contribution in [0.1, 0.15) is 39.0 Å². The lowest BCUT2D eigenvalue weighted by molar-refractivity contribution is 0.0395. The highest BCUT2D eigenvalue weighted by atomic mass is 15.2. The summed E-state index contributed by atoms with van der Waals surface area (Å²) < 4.78 is 0. The molecule has 0 amide bonds. The average molecular weight is 192 g/mol. The molecule has 0 aromatic carbocycles. The molecule has 14 heavy (non-hydrogen) atoms. The highest BCUT2D eigenvalue weighted by molar-refractivity contribution is 5.00. The first kappa shape index (κ1) is 9.98. The lowest BCUT2D eigenvalue weighted by atomic mass is 9.90. The summed E-state index contributed by atoms with van der Waals surface area (Å²) in [5, 5.41) is 9.00. The van der Waals surface area contributed by atoms with Crippen molar-refractivity contribution in [3.05, 3.63) is 0 Å². The molecule has 2 aliphatic rings. The average Bonchev–Trinajstić information content (AvgIpc) is 2.58. The summed E-state index contributed by atoms with van der Waals surface area (Å²) in [6.45, 7) is 4.78. The zero-order chi connectivity index (χ0) is 9.97. The number of hydrogen-bond acceptors (Lipinski definition) is 2. The largest absolute Gasteiger partial charge is 0.298 e. The fourth-order valence-corrected chi connectivity index (χ4v) is 3.00. The highest BCUT2D eigenvalue weighted by Gasteiger charge is 2.38. The second-order valence-corrected chi connectivity index (χ2v) is 4.84. The van der Waals surface area contributed by atoms with Crippen LogP contribution >= 0.6 is 0 Å². The van der Waals surface area contributed by atoms with Crippen LogP contribution in [0.4, 0.5) is 0 Å². The standard InChI is InChI=1S/C12H20N2/c1-2-4-10-8-14(9-10)12-6-3-5-11(12)7-13/h10-12H,2-6,8-9H2,1H3. The summed E-state index contributed by atoms with van der Waals surface area (Å²) in [4.78, 5) is 2.54. The van der Waals surface area contributed by atoms with Crippen molar-refractivity contribution >= 4 is 0 Å². The summed E-state index contributed by atoms with van der Waals surface area (Å²) in [7, 11) is 0. The summed E-state index contributed by atoms with van der Waals surface area (Å²) >= 11 is 0. The molecule has 78 valence electrons. The van der Waals surface area contributed by atoms with Gasteiger partial charge in [0.05, 0.1) is 12.0 Å². The van der Waals surface area contributed by atoms with Crippen molar-refractivity contribution in [2.45, 2.75) is 45.1 Å². The van der Waals surface area contributed by atoms with Gasteiger partial charge in [-0.25, -0.2) is 0 Å². The molecule has 1 saturated heterocycles. The summed E-state index contributed by atoms with van der Waals surface area (Å²) in [6.07, 6.45) is 6.34. The molecule has 0 radical (unpaired) electrons. The molecule has 2 nitrogen and oxygen atoms in total. The van der Waals surface area contributed by atoms with Gasteiger partial charge in [0.25, 0.3) is 0 Å². The summed E-state index contributed by atoms with van der Waals surface area (Å²) in [5.41, 5.74) is 0. The van der Waals surface area contributed by atoms with Gasteiger partial charge in [0.15, 0.2) is 0 Å². The maximum Gasteiger partial charge on any atom is 0.0672 e. The summed E-state index contributed by atoms with van der Waals surface area (Å²) in [5.74, 6) is 1.26. The van der Waals surface area contributed by atoms with Crippen LogP contribution in [0, 0.1) is 23.2 Å². The number of likely N-dealkylation sites (tertiary alicyclic amines) is 1. The van der Waals surface area contributed by atoms with Gasteiger partial charge in [-0.2, -0.15) is 5.26 Å². The SMILES string of the molecule is CCCC1CN(C2CCCC2C#N)C1. The smallest absolute Gasteiger partial charge is 0.0672 e. The van der Waals surface area contributed by atoms with Crippen LogP contribution in [0.15, 0.2) is 0 Å². The number of nitriles is 1. The third-order valence-corrected chi connectivity index (χ3v) is 3.80. The summed E-state index contributed by atoms with van der Waals surface area (Å²) in [6, 6.07) is 3.07. The van der Waals surface area contributed by atoms with Crippen LogP contribution in [0.25, 0.3) is 0 Å². The number of rotatable bonds is 3. The molecule has 0 bridgehead atoms. The van der Waals surface area contributed by atoms with Crippen molar-refractivity contribution in [2.75, 3.05) is 13.1 Å². The van der Waals surface area contributed by atoms with E-state index < -0.39 is 0 Å². The molecular formula is C12H20N2. The van der Waals surface area contributed by atoms with Crippen LogP contribution in [-0.2, 0) is 0 Å². The van der Waals surface area contributed by atoms with E-state index in [0.717, 1.165) is 12.3 Å². The van der Waals surface area contributed by atoms with Gasteiger partial charge in [0, 0.05) is 19.1 Å². The van der Waals surface area contributed by atoms with Gasteiger partial charge in [-0.05, 0) is 25.2 Å². The fraction of sp³-hybridized carbons (Fsp3) is 0.917. The van der Waals surface area contributed by atoms with Gasteiger partial charge < -0.3 is 0 Å². The molecule has 1 saturated carbocycles. The molecule has 0 aromatic rings. The first-order valence-corrected chi connectivity index (χ1v) is 5.98. The van der Waals surface area contributed by atoms with E-state index in [-0.39, 0.29) is 0 Å². The van der Waals surface area contributed by atoms with Crippen LogP contribution in [-0.4, -0.2) is 24.0 Å². The van der Waals surface area contributed by atoms with Crippen molar-refractivity contribution in [1.82, 2.24) is 4.90 Å². The Bertz CT molecular complexity index is 225. The van der Waals surface area contributed by atoms with E-state index in [1.807, 2.05) is 0 Å². The predicted molar refractivity (Wildman–Crippen MR) is 56.7 cm³/mol. The molecule has 1 aliphatic carbocycles. The molecule has 0 aromatic heterocycles. The molecule has 2 fully saturated rings. The molecule has 0 N–H and O–H groups in total.